The minimum atomic E-state index is -0.254. The Balaban J connectivity index is 1.50. The lowest BCUT2D eigenvalue weighted by molar-refractivity contribution is -0.127. The van der Waals surface area contributed by atoms with Crippen molar-refractivity contribution in [3.63, 3.8) is 0 Å². The summed E-state index contributed by atoms with van der Waals surface area (Å²) in [5.41, 5.74) is 1.85. The maximum Gasteiger partial charge on any atom is 0.246 e. The van der Waals surface area contributed by atoms with Crippen molar-refractivity contribution >= 4 is 12.0 Å². The SMILES string of the molecule is CN1CCC(N(C)C(=O)/C=C\c2ccc(OCc3ccc(F)cc3)cc2)CC1. The molecule has 0 unspecified atom stereocenters. The molecule has 2 aromatic carbocycles. The van der Waals surface area contributed by atoms with Gasteiger partial charge in [-0.25, -0.2) is 4.39 Å². The fraction of sp³-hybridized carbons (Fsp3) is 0.348. The summed E-state index contributed by atoms with van der Waals surface area (Å²) >= 11 is 0. The molecule has 1 saturated heterocycles. The van der Waals surface area contributed by atoms with Gasteiger partial charge in [0.05, 0.1) is 0 Å². The number of halogens is 1. The van der Waals surface area contributed by atoms with E-state index in [0.717, 1.165) is 42.8 Å². The number of amides is 1. The molecule has 0 radical (unpaired) electrons. The molecule has 0 atom stereocenters. The van der Waals surface area contributed by atoms with E-state index in [0.29, 0.717) is 12.6 Å². The third kappa shape index (κ3) is 5.67. The Kier molecular flexibility index (Phi) is 6.82. The van der Waals surface area contributed by atoms with Gasteiger partial charge in [0, 0.05) is 19.2 Å². The Morgan fingerprint density at radius 2 is 1.79 bits per heavy atom. The highest BCUT2D eigenvalue weighted by Gasteiger charge is 2.22. The van der Waals surface area contributed by atoms with Gasteiger partial charge in [-0.1, -0.05) is 24.3 Å². The average Bonchev–Trinajstić information content (AvgIpc) is 2.72. The molecule has 0 bridgehead atoms. The normalized spacial score (nSPS) is 15.7. The van der Waals surface area contributed by atoms with Gasteiger partial charge in [-0.3, -0.25) is 4.79 Å². The number of ether oxygens (including phenoxy) is 1. The Morgan fingerprint density at radius 3 is 2.43 bits per heavy atom. The van der Waals surface area contributed by atoms with Crippen LogP contribution < -0.4 is 4.74 Å². The topological polar surface area (TPSA) is 32.8 Å². The minimum absolute atomic E-state index is 0.0335. The van der Waals surface area contributed by atoms with Crippen molar-refractivity contribution in [2.45, 2.75) is 25.5 Å². The Morgan fingerprint density at radius 1 is 1.14 bits per heavy atom. The number of rotatable bonds is 6. The van der Waals surface area contributed by atoms with Crippen LogP contribution in [0.4, 0.5) is 4.39 Å². The zero-order valence-corrected chi connectivity index (χ0v) is 16.5. The second kappa shape index (κ2) is 9.51. The summed E-state index contributed by atoms with van der Waals surface area (Å²) < 4.78 is 18.6. The van der Waals surface area contributed by atoms with Crippen molar-refractivity contribution < 1.29 is 13.9 Å². The summed E-state index contributed by atoms with van der Waals surface area (Å²) in [4.78, 5) is 16.6. The van der Waals surface area contributed by atoms with Gasteiger partial charge in [-0.15, -0.1) is 0 Å². The van der Waals surface area contributed by atoms with Crippen LogP contribution in [0.5, 0.6) is 5.75 Å². The van der Waals surface area contributed by atoms with Crippen LogP contribution in [-0.4, -0.2) is 48.9 Å². The van der Waals surface area contributed by atoms with Crippen molar-refractivity contribution in [3.8, 4) is 5.75 Å². The zero-order chi connectivity index (χ0) is 19.9. The number of carbonyl (C=O) groups excluding carboxylic acids is 1. The van der Waals surface area contributed by atoms with Crippen molar-refractivity contribution in [3.05, 3.63) is 71.6 Å². The standard InChI is InChI=1S/C23H27FN2O2/c1-25-15-13-21(14-16-25)26(2)23(27)12-7-18-5-10-22(11-6-18)28-17-19-3-8-20(24)9-4-19/h3-12,21H,13-17H2,1-2H3/b12-7-. The molecule has 1 amide bonds. The Hall–Kier alpha value is -2.66. The second-order valence-corrected chi connectivity index (χ2v) is 7.30. The Labute approximate surface area is 166 Å². The predicted octanol–water partition coefficient (Wildman–Crippen LogP) is 3.97. The fourth-order valence-electron chi connectivity index (χ4n) is 3.27. The summed E-state index contributed by atoms with van der Waals surface area (Å²) in [6, 6.07) is 14.1. The molecule has 148 valence electrons. The van der Waals surface area contributed by atoms with E-state index in [1.165, 1.54) is 12.1 Å². The lowest BCUT2D eigenvalue weighted by atomic mass is 10.0. The van der Waals surface area contributed by atoms with Crippen LogP contribution >= 0.6 is 0 Å². The summed E-state index contributed by atoms with van der Waals surface area (Å²) in [6.45, 7) is 2.45. The average molecular weight is 382 g/mol. The van der Waals surface area contributed by atoms with E-state index in [4.69, 9.17) is 4.74 Å². The summed E-state index contributed by atoms with van der Waals surface area (Å²) in [7, 11) is 4.00. The molecule has 2 aromatic rings. The summed E-state index contributed by atoms with van der Waals surface area (Å²) in [5, 5.41) is 0. The highest BCUT2D eigenvalue weighted by molar-refractivity contribution is 5.91. The van der Waals surface area contributed by atoms with E-state index in [2.05, 4.69) is 11.9 Å². The van der Waals surface area contributed by atoms with Crippen LogP contribution in [0.1, 0.15) is 24.0 Å². The highest BCUT2D eigenvalue weighted by atomic mass is 19.1. The van der Waals surface area contributed by atoms with Crippen LogP contribution in [0.2, 0.25) is 0 Å². The van der Waals surface area contributed by atoms with Gasteiger partial charge in [-0.2, -0.15) is 0 Å². The molecule has 0 spiro atoms. The van der Waals surface area contributed by atoms with E-state index in [9.17, 15) is 9.18 Å². The van der Waals surface area contributed by atoms with Gasteiger partial charge < -0.3 is 14.5 Å². The first-order chi connectivity index (χ1) is 13.5. The minimum Gasteiger partial charge on any atom is -0.489 e. The number of benzene rings is 2. The van der Waals surface area contributed by atoms with Gasteiger partial charge in [0.1, 0.15) is 18.2 Å². The number of carbonyl (C=O) groups is 1. The van der Waals surface area contributed by atoms with Crippen molar-refractivity contribution in [1.29, 1.82) is 0 Å². The third-order valence-electron chi connectivity index (χ3n) is 5.20. The molecule has 3 rings (SSSR count). The van der Waals surface area contributed by atoms with Crippen LogP contribution in [0, 0.1) is 5.82 Å². The molecule has 0 aliphatic carbocycles. The molecule has 1 heterocycles. The van der Waals surface area contributed by atoms with Gasteiger partial charge in [0.25, 0.3) is 0 Å². The quantitative estimate of drug-likeness (QED) is 0.709. The molecule has 28 heavy (non-hydrogen) atoms. The van der Waals surface area contributed by atoms with Crippen molar-refractivity contribution in [2.24, 2.45) is 0 Å². The monoisotopic (exact) mass is 382 g/mol. The molecular formula is C23H27FN2O2. The first-order valence-electron chi connectivity index (χ1n) is 9.62. The molecule has 5 heteroatoms. The molecule has 1 aliphatic rings. The Bertz CT molecular complexity index is 794. The van der Waals surface area contributed by atoms with Crippen LogP contribution in [0.25, 0.3) is 6.08 Å². The zero-order valence-electron chi connectivity index (χ0n) is 16.5. The second-order valence-electron chi connectivity index (χ2n) is 7.30. The predicted molar refractivity (Wildman–Crippen MR) is 109 cm³/mol. The third-order valence-corrected chi connectivity index (χ3v) is 5.20. The summed E-state index contributed by atoms with van der Waals surface area (Å²) in [5.74, 6) is 0.512. The fourth-order valence-corrected chi connectivity index (χ4v) is 3.27. The number of hydrogen-bond acceptors (Lipinski definition) is 3. The molecule has 1 aliphatic heterocycles. The van der Waals surface area contributed by atoms with Gasteiger partial charge >= 0.3 is 0 Å². The van der Waals surface area contributed by atoms with Gasteiger partial charge in [0.15, 0.2) is 0 Å². The van der Waals surface area contributed by atoms with E-state index >= 15 is 0 Å². The number of likely N-dealkylation sites (tertiary alicyclic amines) is 1. The molecule has 0 saturated carbocycles. The summed E-state index contributed by atoms with van der Waals surface area (Å²) in [6.07, 6.45) is 5.50. The maximum absolute atomic E-state index is 12.9. The maximum atomic E-state index is 12.9. The van der Waals surface area contributed by atoms with Gasteiger partial charge in [-0.05, 0) is 74.4 Å². The molecule has 0 aromatic heterocycles. The van der Waals surface area contributed by atoms with Crippen molar-refractivity contribution in [2.75, 3.05) is 27.2 Å². The van der Waals surface area contributed by atoms with Gasteiger partial charge in [0.2, 0.25) is 5.91 Å². The van der Waals surface area contributed by atoms with E-state index in [1.54, 1.807) is 18.2 Å². The first-order valence-corrected chi connectivity index (χ1v) is 9.62. The lowest BCUT2D eigenvalue weighted by Crippen LogP contribution is -2.43. The molecule has 1 fully saturated rings. The smallest absolute Gasteiger partial charge is 0.246 e. The number of hydrogen-bond donors (Lipinski definition) is 0. The van der Waals surface area contributed by atoms with Crippen molar-refractivity contribution in [1.82, 2.24) is 9.80 Å². The molecule has 0 N–H and O–H groups in total. The number of nitrogens with zero attached hydrogens (tertiary/aromatic N) is 2. The van der Waals surface area contributed by atoms with Crippen LogP contribution in [0.15, 0.2) is 54.6 Å². The van der Waals surface area contributed by atoms with E-state index in [-0.39, 0.29) is 11.7 Å². The van der Waals surface area contributed by atoms with E-state index < -0.39 is 0 Å². The first kappa shape index (κ1) is 20.1. The van der Waals surface area contributed by atoms with E-state index in [1.807, 2.05) is 42.3 Å². The number of likely N-dealkylation sites (N-methyl/N-ethyl adjacent to an activating group) is 1. The van der Waals surface area contributed by atoms with Crippen LogP contribution in [0.3, 0.4) is 0 Å². The largest absolute Gasteiger partial charge is 0.489 e. The van der Waals surface area contributed by atoms with Crippen LogP contribution in [-0.2, 0) is 11.4 Å². The number of piperidine rings is 1. The highest BCUT2D eigenvalue weighted by Crippen LogP contribution is 2.17. The lowest BCUT2D eigenvalue weighted by Gasteiger charge is -2.34. The molecule has 4 nitrogen and oxygen atoms in total. The molecular weight excluding hydrogens is 355 g/mol.